The van der Waals surface area contributed by atoms with Gasteiger partial charge in [-0.1, -0.05) is 66.2 Å². The van der Waals surface area contributed by atoms with E-state index in [0.717, 1.165) is 12.8 Å². The molecule has 0 rings (SSSR count). The molecule has 182 valence electrons. The number of carbonyl (C=O) groups is 2. The molecule has 0 aromatic carbocycles. The van der Waals surface area contributed by atoms with Crippen LogP contribution < -0.4 is 69.3 Å². The Morgan fingerprint density at radius 3 is 1.28 bits per heavy atom. The first-order valence-corrected chi connectivity index (χ1v) is 12.0. The fraction of sp³-hybridized carbons (Fsp3) is 0.900. The third kappa shape index (κ3) is 28.8. The number of carboxylic acid groups (broad SMARTS) is 2. The van der Waals surface area contributed by atoms with Gasteiger partial charge in [0.15, 0.2) is 0 Å². The predicted octanol–water partition coefficient (Wildman–Crippen LogP) is -5.47. The van der Waals surface area contributed by atoms with Crippen molar-refractivity contribution >= 4 is 22.1 Å². The Balaban J connectivity index is -0.000000112. The molecule has 0 aromatic rings. The molecular weight excluding hydrogens is 462 g/mol. The summed E-state index contributed by atoms with van der Waals surface area (Å²) in [6, 6.07) is 0. The van der Waals surface area contributed by atoms with Crippen LogP contribution in [-0.4, -0.2) is 53.6 Å². The Morgan fingerprint density at radius 1 is 0.812 bits per heavy atom. The van der Waals surface area contributed by atoms with Crippen LogP contribution in [0.2, 0.25) is 0 Å². The zero-order valence-electron chi connectivity index (χ0n) is 20.7. The number of hydrogen-bond donors (Lipinski definition) is 3. The normalized spacial score (nSPS) is 12.8. The quantitative estimate of drug-likeness (QED) is 0.155. The Hall–Kier alpha value is 0.770. The van der Waals surface area contributed by atoms with Crippen molar-refractivity contribution < 1.29 is 102 Å². The molecule has 0 amide bonds. The van der Waals surface area contributed by atoms with Crippen LogP contribution in [0.15, 0.2) is 0 Å². The maximum atomic E-state index is 10.2. The molecule has 0 aliphatic heterocycles. The van der Waals surface area contributed by atoms with Crippen LogP contribution in [0.1, 0.15) is 85.5 Å². The van der Waals surface area contributed by atoms with Crippen LogP contribution in [0.5, 0.6) is 0 Å². The molecule has 0 radical (unpaired) electrons. The number of carbonyl (C=O) groups excluding carboxylic acids is 2. The zero-order chi connectivity index (χ0) is 24.2. The number of unbranched alkanes of at least 4 members (excludes halogenated alkanes) is 2. The molecule has 0 spiro atoms. The molecule has 0 aliphatic rings. The topological polar surface area (TPSA) is 175 Å². The molecule has 32 heavy (non-hydrogen) atoms. The van der Waals surface area contributed by atoms with Gasteiger partial charge in [-0.15, -0.1) is 0 Å². The van der Waals surface area contributed by atoms with Crippen LogP contribution in [0.4, 0.5) is 0 Å². The average Bonchev–Trinajstić information content (AvgIpc) is 2.68. The second-order valence-corrected chi connectivity index (χ2v) is 8.70. The minimum Gasteiger partial charge on any atom is -0.550 e. The molecule has 9 nitrogen and oxygen atoms in total. The van der Waals surface area contributed by atoms with Crippen LogP contribution >= 0.6 is 0 Å². The first-order valence-electron chi connectivity index (χ1n) is 10.5. The van der Waals surface area contributed by atoms with E-state index in [-0.39, 0.29) is 59.1 Å². The average molecular weight is 503 g/mol. The van der Waals surface area contributed by atoms with Crippen molar-refractivity contribution in [2.45, 2.75) is 90.7 Å². The van der Waals surface area contributed by atoms with Crippen molar-refractivity contribution in [3.63, 3.8) is 0 Å². The summed E-state index contributed by atoms with van der Waals surface area (Å²) >= 11 is 0. The van der Waals surface area contributed by atoms with E-state index < -0.39 is 33.7 Å². The minimum absolute atomic E-state index is 0. The number of rotatable bonds is 14. The first kappa shape index (κ1) is 42.9. The van der Waals surface area contributed by atoms with Crippen molar-refractivity contribution in [3.8, 4) is 0 Å². The molecule has 0 aromatic heterocycles. The van der Waals surface area contributed by atoms with E-state index >= 15 is 0 Å². The van der Waals surface area contributed by atoms with E-state index in [1.54, 1.807) is 0 Å². The maximum absolute atomic E-state index is 10.2. The number of aliphatic hydroxyl groups excluding tert-OH is 2. The monoisotopic (exact) mass is 502 g/mol. The SMILES string of the molecule is CCCCC(CC)CO.CCCCC(CC)CO.O=C([O-])CC(C(=O)[O-])S(=O)(=O)O.[Na+].[Na+]. The van der Waals surface area contributed by atoms with Gasteiger partial charge in [0.25, 0.3) is 10.1 Å². The van der Waals surface area contributed by atoms with Crippen LogP contribution in [0.25, 0.3) is 0 Å². The molecule has 0 bridgehead atoms. The van der Waals surface area contributed by atoms with Gasteiger partial charge < -0.3 is 30.0 Å². The van der Waals surface area contributed by atoms with Gasteiger partial charge in [0.05, 0.1) is 5.97 Å². The van der Waals surface area contributed by atoms with Crippen molar-refractivity contribution in [2.75, 3.05) is 13.2 Å². The predicted molar refractivity (Wildman–Crippen MR) is 111 cm³/mol. The molecule has 0 heterocycles. The van der Waals surface area contributed by atoms with E-state index in [0.29, 0.717) is 25.0 Å². The summed E-state index contributed by atoms with van der Waals surface area (Å²) in [6.45, 7) is 9.38. The molecule has 12 heteroatoms. The molecule has 3 unspecified atom stereocenters. The standard InChI is InChI=1S/2C8H18O.C4H6O7S.2Na/c2*1-3-5-6-8(4-2)7-9;5-3(6)1-2(4(7)8)12(9,10)11;;/h2*8-9H,3-7H2,1-2H3;2H,1H2,(H,5,6)(H,7,8)(H,9,10,11);;/q;;;2*+1/p-2. The fourth-order valence-corrected chi connectivity index (χ4v) is 2.89. The number of hydrogen-bond acceptors (Lipinski definition) is 8. The number of aliphatic carboxylic acids is 2. The minimum atomic E-state index is -4.94. The van der Waals surface area contributed by atoms with Crippen LogP contribution in [-0.2, 0) is 19.7 Å². The third-order valence-corrected chi connectivity index (χ3v) is 5.66. The summed E-state index contributed by atoms with van der Waals surface area (Å²) in [5.74, 6) is -2.96. The first-order chi connectivity index (χ1) is 13.9. The second kappa shape index (κ2) is 28.0. The molecule has 0 fully saturated rings. The zero-order valence-corrected chi connectivity index (χ0v) is 25.5. The third-order valence-electron chi connectivity index (χ3n) is 4.58. The van der Waals surface area contributed by atoms with E-state index in [2.05, 4.69) is 27.7 Å². The Bertz CT molecular complexity index is 507. The summed E-state index contributed by atoms with van der Waals surface area (Å²) in [4.78, 5) is 19.7. The largest absolute Gasteiger partial charge is 1.00 e. The van der Waals surface area contributed by atoms with E-state index in [9.17, 15) is 28.2 Å². The molecule has 0 saturated heterocycles. The van der Waals surface area contributed by atoms with E-state index in [1.165, 1.54) is 38.5 Å². The van der Waals surface area contributed by atoms with Gasteiger partial charge in [0.1, 0.15) is 5.25 Å². The van der Waals surface area contributed by atoms with Crippen LogP contribution in [0, 0.1) is 11.8 Å². The molecule has 0 aliphatic carbocycles. The van der Waals surface area contributed by atoms with Gasteiger partial charge in [0.2, 0.25) is 0 Å². The molecule has 3 atom stereocenters. The summed E-state index contributed by atoms with van der Waals surface area (Å²) < 4.78 is 28.5. The van der Waals surface area contributed by atoms with Crippen LogP contribution in [0.3, 0.4) is 0 Å². The van der Waals surface area contributed by atoms with Gasteiger partial charge in [-0.2, -0.15) is 8.42 Å². The van der Waals surface area contributed by atoms with Gasteiger partial charge >= 0.3 is 59.1 Å². The summed E-state index contributed by atoms with van der Waals surface area (Å²) in [5, 5.41) is 34.8. The van der Waals surface area contributed by atoms with Gasteiger partial charge in [-0.3, -0.25) is 4.55 Å². The summed E-state index contributed by atoms with van der Waals surface area (Å²) in [7, 11) is -4.94. The second-order valence-electron chi connectivity index (χ2n) is 7.10. The van der Waals surface area contributed by atoms with E-state index in [1.807, 2.05) is 0 Å². The smallest absolute Gasteiger partial charge is 0.550 e. The summed E-state index contributed by atoms with van der Waals surface area (Å²) in [6.07, 6.45) is 8.33. The Labute approximate surface area is 238 Å². The van der Waals surface area contributed by atoms with Crippen molar-refractivity contribution in [3.05, 3.63) is 0 Å². The fourth-order valence-electron chi connectivity index (χ4n) is 2.30. The van der Waals surface area contributed by atoms with Gasteiger partial charge in [0, 0.05) is 25.6 Å². The van der Waals surface area contributed by atoms with Crippen molar-refractivity contribution in [2.24, 2.45) is 11.8 Å². The molecular formula is C20H40Na2O9S. The summed E-state index contributed by atoms with van der Waals surface area (Å²) in [5.41, 5.74) is 0. The van der Waals surface area contributed by atoms with Gasteiger partial charge in [-0.05, 0) is 24.7 Å². The number of carboxylic acids is 2. The van der Waals surface area contributed by atoms with E-state index in [4.69, 9.17) is 14.8 Å². The number of aliphatic hydroxyl groups is 2. The molecule has 3 N–H and O–H groups in total. The van der Waals surface area contributed by atoms with Crippen molar-refractivity contribution in [1.82, 2.24) is 0 Å². The van der Waals surface area contributed by atoms with Gasteiger partial charge in [-0.25, -0.2) is 0 Å². The Kier molecular flexibility index (Phi) is 37.5. The molecule has 0 saturated carbocycles. The van der Waals surface area contributed by atoms with Crippen molar-refractivity contribution in [1.29, 1.82) is 0 Å². The Morgan fingerprint density at radius 2 is 1.16 bits per heavy atom. The maximum Gasteiger partial charge on any atom is 1.00 e.